The first-order valence-corrected chi connectivity index (χ1v) is 43.6. The molecule has 145 heavy (non-hydrogen) atoms. The van der Waals surface area contributed by atoms with Crippen molar-refractivity contribution >= 4 is 126 Å². The number of thiophene rings is 1. The van der Waals surface area contributed by atoms with E-state index < -0.39 is 171 Å². The number of carbonyl (C=O) groups is 8. The van der Waals surface area contributed by atoms with Crippen molar-refractivity contribution in [1.29, 1.82) is 0 Å². The predicted octanol–water partition coefficient (Wildman–Crippen LogP) is 15.6. The number of hydrogen-bond acceptors (Lipinski definition) is 28. The molecule has 758 valence electrons. The molecule has 14 aromatic rings. The third-order valence-corrected chi connectivity index (χ3v) is 22.5. The van der Waals surface area contributed by atoms with Gasteiger partial charge in [0.15, 0.2) is 17.7 Å². The number of aromatic carboxylic acids is 1. The van der Waals surface area contributed by atoms with Crippen LogP contribution in [0.15, 0.2) is 199 Å². The number of nitrogen functional groups attached to an aromatic ring is 1. The van der Waals surface area contributed by atoms with Crippen molar-refractivity contribution in [2.45, 2.75) is 86.1 Å². The number of aryl methyl sites for hydroxylation is 6. The summed E-state index contributed by atoms with van der Waals surface area (Å²) in [6, 6.07) is 33.9. The highest BCUT2D eigenvalue weighted by molar-refractivity contribution is 7.16. The Morgan fingerprint density at radius 1 is 0.379 bits per heavy atom. The summed E-state index contributed by atoms with van der Waals surface area (Å²) in [4.78, 5) is 205. The Labute approximate surface area is 820 Å². The first-order valence-electron chi connectivity index (χ1n) is 42.4. The van der Waals surface area contributed by atoms with E-state index in [1.165, 1.54) is 118 Å². The van der Waals surface area contributed by atoms with Gasteiger partial charge in [-0.2, -0.15) is 0 Å². The number of methoxy groups -OCH3 is 6. The number of nitrogens with two attached hydrogens (primary N) is 1. The molecule has 4 heterocycles. The molecule has 1 amide bonds. The summed E-state index contributed by atoms with van der Waals surface area (Å²) in [7, 11) is 6.94. The van der Waals surface area contributed by atoms with Crippen molar-refractivity contribution in [3.63, 3.8) is 0 Å². The average molecular weight is 2060 g/mol. The Bertz CT molecular complexity index is 7720. The molecule has 0 radical (unpaired) electrons. The Balaban J connectivity index is 0.000000212. The normalized spacial score (nSPS) is 10.7. The number of nitrogens with zero attached hydrogens (tertiary/aromatic N) is 6. The van der Waals surface area contributed by atoms with Crippen molar-refractivity contribution in [1.82, 2.24) is 34.0 Å². The van der Waals surface area contributed by atoms with E-state index in [1.807, 2.05) is 0 Å². The number of carbonyl (C=O) groups excluding carboxylic acids is 7. The second kappa shape index (κ2) is 50.4. The molecule has 1 unspecified atom stereocenters. The maximum absolute atomic E-state index is 14.1. The van der Waals surface area contributed by atoms with Crippen LogP contribution < -0.4 is 44.8 Å². The number of carboxylic acids is 1. The van der Waals surface area contributed by atoms with Gasteiger partial charge in [-0.3, -0.25) is 49.5 Å². The molecular formula is C97H84ClF8N11O27S. The Hall–Kier alpha value is -17.8. The summed E-state index contributed by atoms with van der Waals surface area (Å²) in [5, 5.41) is 43.8. The molecule has 0 spiro atoms. The van der Waals surface area contributed by atoms with Crippen LogP contribution in [-0.4, -0.2) is 139 Å². The lowest BCUT2D eigenvalue weighted by atomic mass is 10.1. The Kier molecular flexibility index (Phi) is 39.1. The number of aromatic nitrogens is 6. The Morgan fingerprint density at radius 2 is 0.662 bits per heavy atom. The van der Waals surface area contributed by atoms with Crippen LogP contribution in [0.1, 0.15) is 158 Å². The van der Waals surface area contributed by atoms with Crippen molar-refractivity contribution in [3.8, 4) is 17.1 Å². The summed E-state index contributed by atoms with van der Waals surface area (Å²) in [6.07, 6.45) is 2.41. The molecule has 7 N–H and O–H groups in total. The number of ether oxygens (including phenoxy) is 6. The second-order valence-electron chi connectivity index (χ2n) is 29.8. The average Bonchev–Trinajstić information content (AvgIpc) is 0.904. The Morgan fingerprint density at radius 3 is 0.966 bits per heavy atom. The zero-order chi connectivity index (χ0) is 108. The maximum atomic E-state index is 14.1. The summed E-state index contributed by atoms with van der Waals surface area (Å²) in [5.41, 5.74) is 2.50. The molecule has 38 nitrogen and oxygen atoms in total. The number of H-pyrrole nitrogens is 3. The highest BCUT2D eigenvalue weighted by Gasteiger charge is 2.30. The number of halogens is 9. The van der Waals surface area contributed by atoms with Gasteiger partial charge in [-0.1, -0.05) is 53.1 Å². The number of amides is 1. The molecule has 10 aromatic carbocycles. The van der Waals surface area contributed by atoms with Gasteiger partial charge in [0.2, 0.25) is 0 Å². The van der Waals surface area contributed by atoms with E-state index in [2.05, 4.69) is 44.0 Å². The quantitative estimate of drug-likeness (QED) is 0.00916. The molecule has 0 saturated carbocycles. The first kappa shape index (κ1) is 112. The van der Waals surface area contributed by atoms with Gasteiger partial charge >= 0.3 is 58.9 Å². The van der Waals surface area contributed by atoms with E-state index in [1.54, 1.807) is 53.7 Å². The lowest BCUT2D eigenvalue weighted by molar-refractivity contribution is -0.385. The molecule has 0 bridgehead atoms. The molecule has 1 atom stereocenters. The van der Waals surface area contributed by atoms with Crippen LogP contribution >= 0.6 is 22.9 Å². The van der Waals surface area contributed by atoms with E-state index >= 15 is 0 Å². The zero-order valence-electron chi connectivity index (χ0n) is 78.1. The minimum absolute atomic E-state index is 0.0411. The predicted molar refractivity (Wildman–Crippen MR) is 512 cm³/mol. The number of nitro benzene ring substituents is 3. The fraction of sp³-hybridized carbons (Fsp3) is 0.196. The molecule has 0 aliphatic heterocycles. The fourth-order valence-electron chi connectivity index (χ4n) is 13.6. The number of nitrogens with one attached hydrogen (secondary N) is 4. The number of esters is 6. The first-order chi connectivity index (χ1) is 68.7. The van der Waals surface area contributed by atoms with E-state index in [0.717, 1.165) is 94.9 Å². The summed E-state index contributed by atoms with van der Waals surface area (Å²) in [6.45, 7) is 10.5. The maximum Gasteiger partial charge on any atom is 0.345 e. The molecule has 0 saturated heterocycles. The lowest BCUT2D eigenvalue weighted by Crippen LogP contribution is -2.34. The second-order valence-corrected chi connectivity index (χ2v) is 31.5. The van der Waals surface area contributed by atoms with Crippen LogP contribution in [0.3, 0.4) is 0 Å². The number of carboxylic acid groups (broad SMARTS) is 1. The standard InChI is InChI=1S/C24H19ClFN3O5S.C18H15FN2O4.C17H13FN2O4.2C10H10FNO4.C10H12FNO2.C8H5F2NO4/c1-3-12-10-15-17(11-16(12)26)27-24(33)29(22(15)31)14-6-4-13(5-7-14)21(30)28-20(23(32)34-2)18-8-9-19(25)35-18;1-3-10-8-13-15(9-14(10)19)20-18(24)21(16(13)22)12-6-4-11(5-7-12)17(23)25-2;1-2-9-7-12-14(8-13(9)18)19-17(24)20(15(12)21)11-5-3-10(4-6-11)16(22)23;2*1-3-6-4-7(10(13)16-2)9(12(14)15)5-8(6)11;1-3-6-4-7(10(13)14-2)9(12)5-8(6)11;1-15-8(12)4-2-5(9)6(10)3-7(4)11(13)14/h4-11,20H,3H2,1-2H3,(H,27,33)(H,28,30);4-9H,3H2,1-2H3,(H,20,24);3-8H,2H2,1H3,(H,19,24)(H,22,23);2*4-5H,3H2,1-2H3;4-5H,3,12H2,1-2H3;2-3H,1H3. The number of benzene rings is 10. The summed E-state index contributed by atoms with van der Waals surface area (Å²) < 4.78 is 137. The topological polar surface area (TPSA) is 544 Å². The number of fused-ring (bicyclic) bond motifs is 3. The van der Waals surface area contributed by atoms with Gasteiger partial charge in [-0.05, 0) is 224 Å². The fourth-order valence-corrected chi connectivity index (χ4v) is 14.7. The zero-order valence-corrected chi connectivity index (χ0v) is 79.7. The number of anilines is 1. The van der Waals surface area contributed by atoms with Gasteiger partial charge in [-0.15, -0.1) is 11.3 Å². The highest BCUT2D eigenvalue weighted by Crippen LogP contribution is 2.32. The SMILES string of the molecule is CCc1cc(C(=O)OC)c(N)cc1F.CCc1cc(C(=O)OC)c([N+](=O)[O-])cc1F.CCc1cc(C(=O)OC)c([N+](=O)[O-])cc1F.CCc1cc2c(=O)n(-c3ccc(C(=O)NC(C(=O)OC)c4ccc(Cl)s4)cc3)c(=O)[nH]c2cc1F.CCc1cc2c(=O)n(-c3ccc(C(=O)O)cc3)c(=O)[nH]c2cc1F.CCc1cc2c(=O)n(-c3ccc(C(=O)OC)cc3)c(=O)[nH]c2cc1F.COC(=O)c1cc(F)c(F)cc1[N+](=O)[O-]. The molecule has 0 aliphatic carbocycles. The van der Waals surface area contributed by atoms with Crippen molar-refractivity contribution in [3.05, 3.63) is 391 Å². The summed E-state index contributed by atoms with van der Waals surface area (Å²) >= 11 is 7.08. The minimum Gasteiger partial charge on any atom is -0.478 e. The number of hydrogen-bond donors (Lipinski definition) is 6. The molecule has 4 aromatic heterocycles. The van der Waals surface area contributed by atoms with Gasteiger partial charge in [0, 0.05) is 16.1 Å². The molecule has 48 heteroatoms. The van der Waals surface area contributed by atoms with Crippen LogP contribution in [0, 0.1) is 76.9 Å². The van der Waals surface area contributed by atoms with Gasteiger partial charge in [0.1, 0.15) is 51.6 Å². The van der Waals surface area contributed by atoms with Crippen molar-refractivity contribution in [2.24, 2.45) is 0 Å². The van der Waals surface area contributed by atoms with Crippen LogP contribution in [0.5, 0.6) is 0 Å². The van der Waals surface area contributed by atoms with Crippen LogP contribution in [0.2, 0.25) is 4.34 Å². The van der Waals surface area contributed by atoms with E-state index in [9.17, 15) is 133 Å². The molecular weight excluding hydrogens is 1970 g/mol. The van der Waals surface area contributed by atoms with Crippen LogP contribution in [0.4, 0.5) is 57.9 Å². The number of rotatable bonds is 22. The van der Waals surface area contributed by atoms with Crippen molar-refractivity contribution in [2.75, 3.05) is 48.4 Å². The van der Waals surface area contributed by atoms with E-state index in [4.69, 9.17) is 27.2 Å². The van der Waals surface area contributed by atoms with Gasteiger partial charge in [0.05, 0.1) is 146 Å². The summed E-state index contributed by atoms with van der Waals surface area (Å²) in [5.74, 6) is -12.2. The minimum atomic E-state index is -1.39. The third kappa shape index (κ3) is 26.9. The monoisotopic (exact) mass is 2050 g/mol. The van der Waals surface area contributed by atoms with Crippen LogP contribution in [-0.2, 0) is 71.7 Å². The lowest BCUT2D eigenvalue weighted by Gasteiger charge is -2.15. The largest absolute Gasteiger partial charge is 0.478 e. The molecule has 14 rings (SSSR count). The number of nitro groups is 3. The van der Waals surface area contributed by atoms with Crippen LogP contribution in [0.25, 0.3) is 49.8 Å². The van der Waals surface area contributed by atoms with E-state index in [0.29, 0.717) is 93.4 Å². The van der Waals surface area contributed by atoms with Crippen molar-refractivity contribution < 1.29 is 122 Å². The van der Waals surface area contributed by atoms with Gasteiger partial charge < -0.3 is 59.5 Å². The van der Waals surface area contributed by atoms with Gasteiger partial charge in [-0.25, -0.2) is 96.8 Å². The molecule has 0 fully saturated rings. The molecule has 0 aliphatic rings. The number of aromatic amines is 3. The van der Waals surface area contributed by atoms with E-state index in [-0.39, 0.29) is 88.7 Å². The highest BCUT2D eigenvalue weighted by atomic mass is 35.5. The smallest absolute Gasteiger partial charge is 0.345 e. The van der Waals surface area contributed by atoms with Gasteiger partial charge in [0.25, 0.3) is 39.6 Å². The third-order valence-electron chi connectivity index (χ3n) is 21.2.